The minimum atomic E-state index is -0.170. The maximum absolute atomic E-state index is 12.5. The monoisotopic (exact) mass is 362 g/mol. The summed E-state index contributed by atoms with van der Waals surface area (Å²) in [6.07, 6.45) is 4.37. The molecule has 126 valence electrons. The number of carbonyl (C=O) groups excluding carboxylic acids is 2. The highest BCUT2D eigenvalue weighted by atomic mass is 32.2. The summed E-state index contributed by atoms with van der Waals surface area (Å²) >= 11 is 2.72. The number of thioether (sulfide) groups is 1. The SMILES string of the molecule is O=C(CSc1nncs1)Nc1ccccc1C(=O)NC1CCCC1. The quantitative estimate of drug-likeness (QED) is 0.772. The molecule has 3 rings (SSSR count). The molecule has 2 aromatic rings. The summed E-state index contributed by atoms with van der Waals surface area (Å²) in [5.41, 5.74) is 2.66. The van der Waals surface area contributed by atoms with E-state index in [1.165, 1.54) is 23.1 Å². The van der Waals surface area contributed by atoms with E-state index in [2.05, 4.69) is 20.8 Å². The van der Waals surface area contributed by atoms with Gasteiger partial charge < -0.3 is 10.6 Å². The molecule has 2 amide bonds. The van der Waals surface area contributed by atoms with Crippen LogP contribution in [0.25, 0.3) is 0 Å². The van der Waals surface area contributed by atoms with E-state index in [0.29, 0.717) is 11.3 Å². The van der Waals surface area contributed by atoms with Gasteiger partial charge in [0.2, 0.25) is 5.91 Å². The molecule has 2 N–H and O–H groups in total. The largest absolute Gasteiger partial charge is 0.349 e. The van der Waals surface area contributed by atoms with Crippen LogP contribution >= 0.6 is 23.1 Å². The lowest BCUT2D eigenvalue weighted by Crippen LogP contribution is -2.33. The number of anilines is 1. The number of amides is 2. The molecule has 0 bridgehead atoms. The van der Waals surface area contributed by atoms with E-state index in [1.807, 2.05) is 0 Å². The van der Waals surface area contributed by atoms with Crippen molar-refractivity contribution in [2.45, 2.75) is 36.1 Å². The summed E-state index contributed by atoms with van der Waals surface area (Å²) in [7, 11) is 0. The Morgan fingerprint density at radius 2 is 2.04 bits per heavy atom. The van der Waals surface area contributed by atoms with Crippen molar-refractivity contribution in [3.8, 4) is 0 Å². The highest BCUT2D eigenvalue weighted by Gasteiger charge is 2.20. The van der Waals surface area contributed by atoms with Crippen molar-refractivity contribution >= 4 is 40.6 Å². The molecule has 1 aliphatic carbocycles. The van der Waals surface area contributed by atoms with Crippen molar-refractivity contribution in [2.24, 2.45) is 0 Å². The first kappa shape index (κ1) is 16.9. The fourth-order valence-corrected chi connectivity index (χ4v) is 3.95. The summed E-state index contributed by atoms with van der Waals surface area (Å²) < 4.78 is 0.748. The lowest BCUT2D eigenvalue weighted by Gasteiger charge is -2.14. The van der Waals surface area contributed by atoms with Crippen LogP contribution in [0, 0.1) is 0 Å². The molecule has 0 saturated heterocycles. The van der Waals surface area contributed by atoms with Gasteiger partial charge in [-0.25, -0.2) is 0 Å². The minimum absolute atomic E-state index is 0.130. The smallest absolute Gasteiger partial charge is 0.253 e. The molecule has 6 nitrogen and oxygen atoms in total. The van der Waals surface area contributed by atoms with Crippen LogP contribution in [0.4, 0.5) is 5.69 Å². The van der Waals surface area contributed by atoms with Gasteiger partial charge in [0.05, 0.1) is 17.0 Å². The van der Waals surface area contributed by atoms with Crippen LogP contribution in [0.15, 0.2) is 34.1 Å². The Morgan fingerprint density at radius 3 is 2.79 bits per heavy atom. The van der Waals surface area contributed by atoms with Gasteiger partial charge in [0.15, 0.2) is 4.34 Å². The van der Waals surface area contributed by atoms with Crippen molar-refractivity contribution < 1.29 is 9.59 Å². The van der Waals surface area contributed by atoms with Crippen LogP contribution in [0.5, 0.6) is 0 Å². The fraction of sp³-hybridized carbons (Fsp3) is 0.375. The molecule has 0 spiro atoms. The van der Waals surface area contributed by atoms with Gasteiger partial charge in [0, 0.05) is 6.04 Å². The zero-order chi connectivity index (χ0) is 16.8. The highest BCUT2D eigenvalue weighted by Crippen LogP contribution is 2.22. The Hall–Kier alpha value is -1.93. The summed E-state index contributed by atoms with van der Waals surface area (Å²) in [5.74, 6) is -0.0702. The zero-order valence-electron chi connectivity index (χ0n) is 13.0. The maximum Gasteiger partial charge on any atom is 0.253 e. The van der Waals surface area contributed by atoms with Crippen LogP contribution < -0.4 is 10.6 Å². The molecular formula is C16H18N4O2S2. The van der Waals surface area contributed by atoms with E-state index in [4.69, 9.17) is 0 Å². The van der Waals surface area contributed by atoms with Gasteiger partial charge >= 0.3 is 0 Å². The molecule has 0 aliphatic heterocycles. The molecule has 8 heteroatoms. The topological polar surface area (TPSA) is 84.0 Å². The molecule has 1 saturated carbocycles. The standard InChI is InChI=1S/C16H18N4O2S2/c21-14(9-23-16-20-17-10-24-16)19-13-8-4-3-7-12(13)15(22)18-11-5-1-2-6-11/h3-4,7-8,10-11H,1-2,5-6,9H2,(H,18,22)(H,19,21). The molecule has 1 fully saturated rings. The summed E-state index contributed by atoms with van der Waals surface area (Å²) in [4.78, 5) is 24.6. The number of aromatic nitrogens is 2. The first-order valence-corrected chi connectivity index (χ1v) is 9.67. The van der Waals surface area contributed by atoms with E-state index in [9.17, 15) is 9.59 Å². The average molecular weight is 362 g/mol. The summed E-state index contributed by atoms with van der Waals surface area (Å²) in [6.45, 7) is 0. The molecular weight excluding hydrogens is 344 g/mol. The third-order valence-electron chi connectivity index (χ3n) is 3.80. The van der Waals surface area contributed by atoms with Gasteiger partial charge in [0.1, 0.15) is 5.51 Å². The van der Waals surface area contributed by atoms with Crippen molar-refractivity contribution in [1.82, 2.24) is 15.5 Å². The van der Waals surface area contributed by atoms with Crippen molar-refractivity contribution in [2.75, 3.05) is 11.1 Å². The number of hydrogen-bond donors (Lipinski definition) is 2. The van der Waals surface area contributed by atoms with E-state index in [1.54, 1.807) is 29.8 Å². The highest BCUT2D eigenvalue weighted by molar-refractivity contribution is 8.01. The Labute approximate surface area is 148 Å². The number of benzene rings is 1. The van der Waals surface area contributed by atoms with Crippen molar-refractivity contribution in [3.05, 3.63) is 35.3 Å². The molecule has 1 aromatic carbocycles. The normalized spacial score (nSPS) is 14.5. The van der Waals surface area contributed by atoms with Crippen LogP contribution in [0.2, 0.25) is 0 Å². The van der Waals surface area contributed by atoms with Gasteiger partial charge in [-0.3, -0.25) is 9.59 Å². The first-order valence-electron chi connectivity index (χ1n) is 7.81. The van der Waals surface area contributed by atoms with Gasteiger partial charge in [-0.1, -0.05) is 48.1 Å². The molecule has 0 unspecified atom stereocenters. The maximum atomic E-state index is 12.5. The van der Waals surface area contributed by atoms with Crippen molar-refractivity contribution in [3.63, 3.8) is 0 Å². The zero-order valence-corrected chi connectivity index (χ0v) is 14.7. The average Bonchev–Trinajstić information content (AvgIpc) is 3.27. The van der Waals surface area contributed by atoms with E-state index < -0.39 is 0 Å². The predicted octanol–water partition coefficient (Wildman–Crippen LogP) is 2.94. The van der Waals surface area contributed by atoms with Crippen molar-refractivity contribution in [1.29, 1.82) is 0 Å². The van der Waals surface area contributed by atoms with Crippen LogP contribution in [0.1, 0.15) is 36.0 Å². The third-order valence-corrected chi connectivity index (χ3v) is 5.66. The van der Waals surface area contributed by atoms with E-state index in [-0.39, 0.29) is 23.6 Å². The van der Waals surface area contributed by atoms with Gasteiger partial charge in [-0.15, -0.1) is 10.2 Å². The van der Waals surface area contributed by atoms with Crippen LogP contribution in [0.3, 0.4) is 0 Å². The number of nitrogens with one attached hydrogen (secondary N) is 2. The number of rotatable bonds is 6. The third kappa shape index (κ3) is 4.55. The predicted molar refractivity (Wildman–Crippen MR) is 95.4 cm³/mol. The van der Waals surface area contributed by atoms with Gasteiger partial charge in [-0.05, 0) is 25.0 Å². The minimum Gasteiger partial charge on any atom is -0.349 e. The first-order chi connectivity index (χ1) is 11.7. The summed E-state index contributed by atoms with van der Waals surface area (Å²) in [6, 6.07) is 7.33. The van der Waals surface area contributed by atoms with Gasteiger partial charge in [0.25, 0.3) is 5.91 Å². The molecule has 1 aliphatic rings. The summed E-state index contributed by atoms with van der Waals surface area (Å²) in [5, 5.41) is 13.5. The number of nitrogens with zero attached hydrogens (tertiary/aromatic N) is 2. The van der Waals surface area contributed by atoms with Gasteiger partial charge in [-0.2, -0.15) is 0 Å². The second kappa shape index (κ2) is 8.25. The van der Waals surface area contributed by atoms with E-state index in [0.717, 1.165) is 30.0 Å². The van der Waals surface area contributed by atoms with Crippen LogP contribution in [-0.4, -0.2) is 33.8 Å². The molecule has 0 radical (unpaired) electrons. The molecule has 24 heavy (non-hydrogen) atoms. The second-order valence-electron chi connectivity index (χ2n) is 5.54. The lowest BCUT2D eigenvalue weighted by atomic mass is 10.1. The number of hydrogen-bond acceptors (Lipinski definition) is 6. The Bertz CT molecular complexity index is 700. The Balaban J connectivity index is 1.60. The number of carbonyl (C=O) groups is 2. The second-order valence-corrected chi connectivity index (χ2v) is 7.60. The lowest BCUT2D eigenvalue weighted by molar-refractivity contribution is -0.113. The fourth-order valence-electron chi connectivity index (χ4n) is 2.66. The molecule has 1 aromatic heterocycles. The Kier molecular flexibility index (Phi) is 5.81. The molecule has 0 atom stereocenters. The number of para-hydroxylation sites is 1. The Morgan fingerprint density at radius 1 is 1.25 bits per heavy atom. The van der Waals surface area contributed by atoms with Crippen LogP contribution in [-0.2, 0) is 4.79 Å². The van der Waals surface area contributed by atoms with E-state index >= 15 is 0 Å². The molecule has 1 heterocycles.